The molecule has 2 heterocycles. The van der Waals surface area contributed by atoms with Crippen molar-refractivity contribution in [2.45, 2.75) is 6.92 Å². The van der Waals surface area contributed by atoms with Gasteiger partial charge in [0.2, 0.25) is 0 Å². The van der Waals surface area contributed by atoms with E-state index in [0.29, 0.717) is 27.6 Å². The normalized spacial score (nSPS) is 10.8. The number of rotatable bonds is 5. The molecule has 0 aliphatic carbocycles. The summed E-state index contributed by atoms with van der Waals surface area (Å²) in [6, 6.07) is 11.4. The van der Waals surface area contributed by atoms with Gasteiger partial charge in [-0.1, -0.05) is 18.2 Å². The number of furan rings is 1. The summed E-state index contributed by atoms with van der Waals surface area (Å²) < 4.78 is 21.2. The van der Waals surface area contributed by atoms with Crippen LogP contribution in [0, 0.1) is 6.92 Å². The van der Waals surface area contributed by atoms with Gasteiger partial charge < -0.3 is 29.3 Å². The van der Waals surface area contributed by atoms with E-state index in [2.05, 4.69) is 10.6 Å². The zero-order valence-electron chi connectivity index (χ0n) is 18.2. The highest BCUT2D eigenvalue weighted by Gasteiger charge is 2.26. The Kier molecular flexibility index (Phi) is 6.21. The van der Waals surface area contributed by atoms with Gasteiger partial charge >= 0.3 is 11.9 Å². The Balaban J connectivity index is 1.67. The summed E-state index contributed by atoms with van der Waals surface area (Å²) in [6.07, 6.45) is 0. The quantitative estimate of drug-likeness (QED) is 0.287. The lowest BCUT2D eigenvalue weighted by Crippen LogP contribution is -2.20. The average molecular weight is 485 g/mol. The number of carbonyl (C=O) groups excluding carboxylic acids is 2. The molecule has 0 saturated heterocycles. The summed E-state index contributed by atoms with van der Waals surface area (Å²) in [7, 11) is 4.11. The molecule has 2 aromatic heterocycles. The highest BCUT2D eigenvalue weighted by Crippen LogP contribution is 2.37. The number of thiocarbonyl (C=S) groups is 1. The van der Waals surface area contributed by atoms with Crippen molar-refractivity contribution in [2.75, 3.05) is 32.0 Å². The lowest BCUT2D eigenvalue weighted by Gasteiger charge is -2.13. The first kappa shape index (κ1) is 22.6. The van der Waals surface area contributed by atoms with Gasteiger partial charge in [0.05, 0.1) is 32.6 Å². The zero-order valence-corrected chi connectivity index (χ0v) is 19.9. The van der Waals surface area contributed by atoms with E-state index in [9.17, 15) is 9.59 Å². The van der Waals surface area contributed by atoms with E-state index in [-0.39, 0.29) is 15.6 Å². The van der Waals surface area contributed by atoms with Crippen LogP contribution < -0.4 is 15.4 Å². The molecule has 0 aliphatic rings. The Morgan fingerprint density at radius 1 is 0.970 bits per heavy atom. The molecule has 2 N–H and O–H groups in total. The molecule has 2 aromatic carbocycles. The van der Waals surface area contributed by atoms with E-state index in [4.69, 9.17) is 30.8 Å². The van der Waals surface area contributed by atoms with Crippen LogP contribution in [0.1, 0.15) is 25.6 Å². The fourth-order valence-corrected chi connectivity index (χ4v) is 4.91. The molecule has 0 radical (unpaired) electrons. The van der Waals surface area contributed by atoms with E-state index >= 15 is 0 Å². The summed E-state index contributed by atoms with van der Waals surface area (Å²) >= 11 is 6.52. The second kappa shape index (κ2) is 9.08. The molecule has 0 aliphatic heterocycles. The van der Waals surface area contributed by atoms with Crippen LogP contribution in [0.4, 0.5) is 10.7 Å². The number of benzene rings is 2. The third-order valence-electron chi connectivity index (χ3n) is 5.08. The van der Waals surface area contributed by atoms with Gasteiger partial charge in [-0.15, -0.1) is 11.3 Å². The molecular weight excluding hydrogens is 464 g/mol. The number of anilines is 2. The molecule has 33 heavy (non-hydrogen) atoms. The number of nitrogens with one attached hydrogen (secondary N) is 2. The first-order valence-corrected chi connectivity index (χ1v) is 11.0. The molecule has 0 saturated carbocycles. The summed E-state index contributed by atoms with van der Waals surface area (Å²) in [5.41, 5.74) is 2.66. The first-order valence-electron chi connectivity index (χ1n) is 9.75. The van der Waals surface area contributed by atoms with Gasteiger partial charge in [-0.25, -0.2) is 9.59 Å². The van der Waals surface area contributed by atoms with E-state index in [1.807, 2.05) is 30.3 Å². The third-order valence-corrected chi connectivity index (χ3v) is 6.47. The maximum absolute atomic E-state index is 12.3. The van der Waals surface area contributed by atoms with Crippen molar-refractivity contribution in [3.8, 4) is 5.75 Å². The molecule has 0 fully saturated rings. The molecule has 8 nitrogen and oxygen atoms in total. The van der Waals surface area contributed by atoms with Gasteiger partial charge in [-0.05, 0) is 36.8 Å². The van der Waals surface area contributed by atoms with Gasteiger partial charge in [0, 0.05) is 16.8 Å². The molecule has 4 aromatic rings. The number of esters is 2. The van der Waals surface area contributed by atoms with Gasteiger partial charge in [-0.3, -0.25) is 0 Å². The summed E-state index contributed by atoms with van der Waals surface area (Å²) in [6.45, 7) is 1.65. The smallest absolute Gasteiger partial charge is 0.348 e. The molecule has 0 spiro atoms. The molecule has 4 rings (SSSR count). The number of hydrogen-bond acceptors (Lipinski definition) is 8. The fraction of sp³-hybridized carbons (Fsp3) is 0.174. The van der Waals surface area contributed by atoms with Crippen LogP contribution in [0.2, 0.25) is 0 Å². The van der Waals surface area contributed by atoms with Crippen molar-refractivity contribution < 1.29 is 28.2 Å². The molecule has 0 unspecified atom stereocenters. The number of fused-ring (bicyclic) bond motifs is 3. The summed E-state index contributed by atoms with van der Waals surface area (Å²) in [4.78, 5) is 24.7. The van der Waals surface area contributed by atoms with Crippen molar-refractivity contribution in [1.82, 2.24) is 0 Å². The Morgan fingerprint density at radius 2 is 1.70 bits per heavy atom. The van der Waals surface area contributed by atoms with Crippen molar-refractivity contribution in [3.63, 3.8) is 0 Å². The van der Waals surface area contributed by atoms with Crippen molar-refractivity contribution in [3.05, 3.63) is 52.4 Å². The van der Waals surface area contributed by atoms with Crippen LogP contribution in [0.3, 0.4) is 0 Å². The minimum absolute atomic E-state index is 0.187. The Labute approximate surface area is 198 Å². The van der Waals surface area contributed by atoms with Crippen molar-refractivity contribution >= 4 is 73.2 Å². The fourth-order valence-electron chi connectivity index (χ4n) is 3.51. The van der Waals surface area contributed by atoms with E-state index in [1.165, 1.54) is 14.2 Å². The van der Waals surface area contributed by atoms with Gasteiger partial charge in [0.25, 0.3) is 0 Å². The van der Waals surface area contributed by atoms with Crippen LogP contribution in [-0.2, 0) is 9.47 Å². The number of methoxy groups -OCH3 is 3. The number of ether oxygens (including phenoxy) is 3. The summed E-state index contributed by atoms with van der Waals surface area (Å²) in [5.74, 6) is -0.582. The van der Waals surface area contributed by atoms with Crippen molar-refractivity contribution in [2.24, 2.45) is 0 Å². The monoisotopic (exact) mass is 484 g/mol. The largest absolute Gasteiger partial charge is 0.495 e. The number of thiophene rings is 1. The SMILES string of the molecule is COC(=O)c1sc(NC(=S)Nc2cc3oc4ccccc4c3cc2OC)c(C(=O)OC)c1C. The number of carbonyl (C=O) groups is 2. The Bertz CT molecular complexity index is 1410. The molecule has 0 bridgehead atoms. The molecule has 0 amide bonds. The molecular formula is C23H20N2O6S2. The molecule has 10 heteroatoms. The Morgan fingerprint density at radius 3 is 2.39 bits per heavy atom. The maximum Gasteiger partial charge on any atom is 0.348 e. The zero-order chi connectivity index (χ0) is 23.7. The topological polar surface area (TPSA) is 99.0 Å². The Hall–Kier alpha value is -3.63. The molecule has 170 valence electrons. The van der Waals surface area contributed by atoms with E-state index in [1.54, 1.807) is 20.1 Å². The van der Waals surface area contributed by atoms with Crippen molar-refractivity contribution in [1.29, 1.82) is 0 Å². The van der Waals surface area contributed by atoms with Crippen LogP contribution in [0.5, 0.6) is 5.75 Å². The van der Waals surface area contributed by atoms with Gasteiger partial charge in [0.15, 0.2) is 5.11 Å². The first-order chi connectivity index (χ1) is 15.9. The predicted molar refractivity (Wildman–Crippen MR) is 132 cm³/mol. The second-order valence-corrected chi connectivity index (χ2v) is 8.40. The van der Waals surface area contributed by atoms with Gasteiger partial charge in [0.1, 0.15) is 26.8 Å². The maximum atomic E-state index is 12.3. The highest BCUT2D eigenvalue weighted by molar-refractivity contribution is 7.80. The van der Waals surface area contributed by atoms with Crippen LogP contribution in [-0.4, -0.2) is 38.4 Å². The number of para-hydroxylation sites is 1. The van der Waals surface area contributed by atoms with Gasteiger partial charge in [-0.2, -0.15) is 0 Å². The van der Waals surface area contributed by atoms with Crippen LogP contribution in [0.15, 0.2) is 40.8 Å². The molecule has 0 atom stereocenters. The van der Waals surface area contributed by atoms with Crippen LogP contribution >= 0.6 is 23.6 Å². The standard InChI is InChI=1S/C23H20N2O6S2/c1-11-18(21(26)29-3)20(33-19(11)22(27)30-4)25-23(32)24-14-10-16-13(9-17(14)28-2)12-7-5-6-8-15(12)31-16/h5-10H,1-4H3,(H2,24,25,32). The third kappa shape index (κ3) is 4.10. The highest BCUT2D eigenvalue weighted by atomic mass is 32.1. The minimum atomic E-state index is -0.592. The predicted octanol–water partition coefficient (Wildman–Crippen LogP) is 5.35. The number of hydrogen-bond donors (Lipinski definition) is 2. The van der Waals surface area contributed by atoms with E-state index < -0.39 is 11.9 Å². The second-order valence-electron chi connectivity index (χ2n) is 6.97. The summed E-state index contributed by atoms with van der Waals surface area (Å²) in [5, 5.41) is 8.50. The van der Waals surface area contributed by atoms with Crippen LogP contribution in [0.25, 0.3) is 21.9 Å². The lowest BCUT2D eigenvalue weighted by atomic mass is 10.1. The van der Waals surface area contributed by atoms with E-state index in [0.717, 1.165) is 27.7 Å². The lowest BCUT2D eigenvalue weighted by molar-refractivity contribution is 0.0601. The minimum Gasteiger partial charge on any atom is -0.495 e. The average Bonchev–Trinajstić information content (AvgIpc) is 3.33.